The summed E-state index contributed by atoms with van der Waals surface area (Å²) in [5.41, 5.74) is 6.02. The maximum absolute atomic E-state index is 6.02. The predicted octanol–water partition coefficient (Wildman–Crippen LogP) is 3.65. The first-order valence-corrected chi connectivity index (χ1v) is 8.57. The van der Waals surface area contributed by atoms with E-state index in [-0.39, 0.29) is 0 Å². The summed E-state index contributed by atoms with van der Waals surface area (Å²) < 4.78 is 0. The molecule has 0 amide bonds. The molecule has 0 saturated heterocycles. The number of hydrogen-bond donors (Lipinski definition) is 1. The number of rotatable bonds is 4. The normalized spacial score (nSPS) is 40.6. The summed E-state index contributed by atoms with van der Waals surface area (Å²) in [6.07, 6.45) is 11.2. The van der Waals surface area contributed by atoms with Gasteiger partial charge in [-0.1, -0.05) is 26.7 Å². The van der Waals surface area contributed by atoms with Crippen molar-refractivity contribution in [3.63, 3.8) is 0 Å². The second kappa shape index (κ2) is 7.08. The van der Waals surface area contributed by atoms with Crippen molar-refractivity contribution in [3.05, 3.63) is 0 Å². The Bertz CT molecular complexity index is 258. The average molecular weight is 266 g/mol. The van der Waals surface area contributed by atoms with Crippen molar-refractivity contribution in [2.75, 3.05) is 13.6 Å². The van der Waals surface area contributed by atoms with E-state index < -0.39 is 0 Å². The van der Waals surface area contributed by atoms with Crippen LogP contribution in [0.5, 0.6) is 0 Å². The molecule has 0 aliphatic heterocycles. The maximum Gasteiger partial charge on any atom is 0.0138 e. The molecule has 2 rings (SSSR count). The molecular weight excluding hydrogens is 232 g/mol. The predicted molar refractivity (Wildman–Crippen MR) is 83.1 cm³/mol. The van der Waals surface area contributed by atoms with Gasteiger partial charge in [0.05, 0.1) is 0 Å². The summed E-state index contributed by atoms with van der Waals surface area (Å²) >= 11 is 0. The second-order valence-electron chi connectivity index (χ2n) is 7.23. The summed E-state index contributed by atoms with van der Waals surface area (Å²) in [6.45, 7) is 5.65. The van der Waals surface area contributed by atoms with Gasteiger partial charge in [0.2, 0.25) is 0 Å². The zero-order valence-corrected chi connectivity index (χ0v) is 13.3. The van der Waals surface area contributed by atoms with Crippen molar-refractivity contribution in [3.8, 4) is 0 Å². The summed E-state index contributed by atoms with van der Waals surface area (Å²) in [5.74, 6) is 2.63. The van der Waals surface area contributed by atoms with E-state index in [1.54, 1.807) is 0 Å². The van der Waals surface area contributed by atoms with Crippen LogP contribution in [0.25, 0.3) is 0 Å². The lowest BCUT2D eigenvalue weighted by Crippen LogP contribution is -2.49. The van der Waals surface area contributed by atoms with Crippen LogP contribution in [0.2, 0.25) is 0 Å². The molecule has 0 aromatic rings. The van der Waals surface area contributed by atoms with E-state index in [1.165, 1.54) is 51.4 Å². The van der Waals surface area contributed by atoms with Crippen LogP contribution in [-0.4, -0.2) is 30.6 Å². The van der Waals surface area contributed by atoms with Gasteiger partial charge in [0.25, 0.3) is 0 Å². The van der Waals surface area contributed by atoms with Crippen molar-refractivity contribution < 1.29 is 0 Å². The molecule has 0 heterocycles. The molecule has 3 atom stereocenters. The first-order chi connectivity index (χ1) is 9.15. The highest BCUT2D eigenvalue weighted by atomic mass is 15.2. The molecule has 112 valence electrons. The Morgan fingerprint density at radius 2 is 1.74 bits per heavy atom. The van der Waals surface area contributed by atoms with Crippen LogP contribution in [0.4, 0.5) is 0 Å². The van der Waals surface area contributed by atoms with Gasteiger partial charge < -0.3 is 10.6 Å². The van der Waals surface area contributed by atoms with Crippen LogP contribution in [-0.2, 0) is 0 Å². The molecule has 0 radical (unpaired) electrons. The van der Waals surface area contributed by atoms with Gasteiger partial charge in [0.15, 0.2) is 0 Å². The van der Waals surface area contributed by atoms with E-state index in [0.29, 0.717) is 0 Å². The largest absolute Gasteiger partial charge is 0.330 e. The van der Waals surface area contributed by atoms with Crippen LogP contribution in [0.15, 0.2) is 0 Å². The Hall–Kier alpha value is -0.0800. The maximum atomic E-state index is 6.02. The lowest BCUT2D eigenvalue weighted by Gasteiger charge is -2.45. The van der Waals surface area contributed by atoms with Crippen LogP contribution in [0, 0.1) is 17.8 Å². The fraction of sp³-hybridized carbons (Fsp3) is 1.00. The topological polar surface area (TPSA) is 29.3 Å². The lowest BCUT2D eigenvalue weighted by molar-refractivity contribution is 0.0505. The van der Waals surface area contributed by atoms with Gasteiger partial charge in [-0.2, -0.15) is 0 Å². The SMILES string of the molecule is CCC1CCC(N(C)C2CC(C)CCC2CN)CC1. The van der Waals surface area contributed by atoms with E-state index in [2.05, 4.69) is 25.8 Å². The Morgan fingerprint density at radius 3 is 2.32 bits per heavy atom. The molecule has 0 aromatic heterocycles. The van der Waals surface area contributed by atoms with Crippen molar-refractivity contribution in [2.45, 2.75) is 77.3 Å². The van der Waals surface area contributed by atoms with Crippen molar-refractivity contribution >= 4 is 0 Å². The van der Waals surface area contributed by atoms with E-state index in [9.17, 15) is 0 Å². The van der Waals surface area contributed by atoms with Crippen molar-refractivity contribution in [2.24, 2.45) is 23.5 Å². The molecule has 0 aromatic carbocycles. The van der Waals surface area contributed by atoms with Gasteiger partial charge in [0, 0.05) is 12.1 Å². The quantitative estimate of drug-likeness (QED) is 0.841. The molecule has 2 aliphatic carbocycles. The van der Waals surface area contributed by atoms with Gasteiger partial charge in [-0.15, -0.1) is 0 Å². The number of nitrogens with two attached hydrogens (primary N) is 1. The fourth-order valence-electron chi connectivity index (χ4n) is 4.42. The van der Waals surface area contributed by atoms with Crippen LogP contribution >= 0.6 is 0 Å². The minimum absolute atomic E-state index is 0.741. The Balaban J connectivity index is 1.91. The monoisotopic (exact) mass is 266 g/mol. The highest BCUT2D eigenvalue weighted by Crippen LogP contribution is 2.36. The summed E-state index contributed by atoms with van der Waals surface area (Å²) in [6, 6.07) is 1.57. The van der Waals surface area contributed by atoms with Crippen LogP contribution < -0.4 is 5.73 Å². The first kappa shape index (κ1) is 15.3. The molecular formula is C17H34N2. The van der Waals surface area contributed by atoms with E-state index >= 15 is 0 Å². The second-order valence-corrected chi connectivity index (χ2v) is 7.23. The molecule has 0 spiro atoms. The Morgan fingerprint density at radius 1 is 1.05 bits per heavy atom. The Kier molecular flexibility index (Phi) is 5.70. The molecule has 0 bridgehead atoms. The molecule has 2 N–H and O–H groups in total. The van der Waals surface area contributed by atoms with Gasteiger partial charge in [-0.3, -0.25) is 0 Å². The molecule has 2 nitrogen and oxygen atoms in total. The molecule has 2 heteroatoms. The standard InChI is InChI=1S/C17H34N2/c1-4-14-6-9-16(10-7-14)19(3)17-11-13(2)5-8-15(17)12-18/h13-17H,4-12,18H2,1-3H3. The highest BCUT2D eigenvalue weighted by Gasteiger charge is 2.34. The van der Waals surface area contributed by atoms with E-state index in [1.807, 2.05) is 0 Å². The fourth-order valence-corrected chi connectivity index (χ4v) is 4.42. The summed E-state index contributed by atoms with van der Waals surface area (Å²) in [4.78, 5) is 2.72. The molecule has 3 unspecified atom stereocenters. The molecule has 19 heavy (non-hydrogen) atoms. The Labute approximate surface area is 120 Å². The smallest absolute Gasteiger partial charge is 0.0138 e. The minimum Gasteiger partial charge on any atom is -0.330 e. The van der Waals surface area contributed by atoms with Crippen molar-refractivity contribution in [1.82, 2.24) is 4.90 Å². The van der Waals surface area contributed by atoms with Gasteiger partial charge in [-0.05, 0) is 69.9 Å². The third-order valence-electron chi connectivity index (χ3n) is 6.01. The van der Waals surface area contributed by atoms with Gasteiger partial charge in [-0.25, -0.2) is 0 Å². The summed E-state index contributed by atoms with van der Waals surface area (Å²) in [5, 5.41) is 0. The number of nitrogens with zero attached hydrogens (tertiary/aromatic N) is 1. The van der Waals surface area contributed by atoms with Gasteiger partial charge >= 0.3 is 0 Å². The average Bonchev–Trinajstić information content (AvgIpc) is 2.46. The first-order valence-electron chi connectivity index (χ1n) is 8.57. The van der Waals surface area contributed by atoms with E-state index in [4.69, 9.17) is 5.73 Å². The van der Waals surface area contributed by atoms with Crippen LogP contribution in [0.3, 0.4) is 0 Å². The third kappa shape index (κ3) is 3.72. The lowest BCUT2D eigenvalue weighted by atomic mass is 9.76. The van der Waals surface area contributed by atoms with Crippen LogP contribution in [0.1, 0.15) is 65.2 Å². The van der Waals surface area contributed by atoms with Gasteiger partial charge in [0.1, 0.15) is 0 Å². The third-order valence-corrected chi connectivity index (χ3v) is 6.01. The van der Waals surface area contributed by atoms with Crippen molar-refractivity contribution in [1.29, 1.82) is 0 Å². The molecule has 2 aliphatic rings. The minimum atomic E-state index is 0.741. The zero-order valence-electron chi connectivity index (χ0n) is 13.3. The highest BCUT2D eigenvalue weighted by molar-refractivity contribution is 4.89. The molecule has 2 fully saturated rings. The summed E-state index contributed by atoms with van der Waals surface area (Å²) in [7, 11) is 2.38. The zero-order chi connectivity index (χ0) is 13.8. The number of hydrogen-bond acceptors (Lipinski definition) is 2. The van der Waals surface area contributed by atoms with E-state index in [0.717, 1.165) is 36.4 Å². The molecule has 2 saturated carbocycles.